The Morgan fingerprint density at radius 1 is 1.13 bits per heavy atom. The zero-order chi connectivity index (χ0) is 27.3. The molecule has 38 heavy (non-hydrogen) atoms. The molecule has 206 valence electrons. The van der Waals surface area contributed by atoms with Crippen molar-refractivity contribution in [1.82, 2.24) is 30.3 Å². The molecule has 2 aliphatic rings. The Balaban J connectivity index is 0.000000206. The number of hydrogen-bond donors (Lipinski definition) is 5. The first-order chi connectivity index (χ1) is 18.2. The SMILES string of the molecule is CC(C)(Cc1ccccc1)NC(=O)O.CCCSc1nc(NC2CC2)c2nnn([C@@H]3CC[C@@H](O)[C@H]3O)c2n1. The summed E-state index contributed by atoms with van der Waals surface area (Å²) in [5, 5.41) is 43.7. The van der Waals surface area contributed by atoms with Crippen LogP contribution in [0.3, 0.4) is 0 Å². The van der Waals surface area contributed by atoms with Gasteiger partial charge in [-0.1, -0.05) is 54.2 Å². The molecule has 2 saturated carbocycles. The highest BCUT2D eigenvalue weighted by Gasteiger charge is 2.37. The molecule has 0 spiro atoms. The Morgan fingerprint density at radius 3 is 2.47 bits per heavy atom. The maximum Gasteiger partial charge on any atom is 0.405 e. The van der Waals surface area contributed by atoms with E-state index in [2.05, 4.69) is 37.8 Å². The van der Waals surface area contributed by atoms with Gasteiger partial charge in [0.25, 0.3) is 0 Å². The van der Waals surface area contributed by atoms with Gasteiger partial charge in [-0.15, -0.1) is 5.10 Å². The third-order valence-electron chi connectivity index (χ3n) is 6.45. The molecule has 0 bridgehead atoms. The van der Waals surface area contributed by atoms with E-state index in [9.17, 15) is 15.0 Å². The van der Waals surface area contributed by atoms with Crippen molar-refractivity contribution >= 4 is 34.8 Å². The lowest BCUT2D eigenvalue weighted by molar-refractivity contribution is 0.0215. The molecule has 3 aromatic rings. The second kappa shape index (κ2) is 12.3. The zero-order valence-electron chi connectivity index (χ0n) is 22.0. The van der Waals surface area contributed by atoms with Crippen molar-refractivity contribution in [3.05, 3.63) is 35.9 Å². The van der Waals surface area contributed by atoms with Gasteiger partial charge in [0.15, 0.2) is 22.1 Å². The van der Waals surface area contributed by atoms with Crippen LogP contribution < -0.4 is 10.6 Å². The highest BCUT2D eigenvalue weighted by molar-refractivity contribution is 7.99. The molecule has 1 amide bonds. The first-order valence-corrected chi connectivity index (χ1v) is 14.1. The summed E-state index contributed by atoms with van der Waals surface area (Å²) >= 11 is 1.61. The van der Waals surface area contributed by atoms with E-state index in [0.29, 0.717) is 41.6 Å². The number of aliphatic hydroxyl groups is 2. The van der Waals surface area contributed by atoms with E-state index < -0.39 is 23.8 Å². The van der Waals surface area contributed by atoms with Crippen LogP contribution >= 0.6 is 11.8 Å². The quantitative estimate of drug-likeness (QED) is 0.199. The topological polar surface area (TPSA) is 158 Å². The third-order valence-corrected chi connectivity index (χ3v) is 7.50. The number of fused-ring (bicyclic) bond motifs is 1. The number of aliphatic hydroxyl groups excluding tert-OH is 2. The summed E-state index contributed by atoms with van der Waals surface area (Å²) in [6, 6.07) is 9.99. The number of nitrogens with one attached hydrogen (secondary N) is 2. The predicted octanol–water partition coefficient (Wildman–Crippen LogP) is 3.63. The zero-order valence-corrected chi connectivity index (χ0v) is 22.9. The second-order valence-corrected chi connectivity index (χ2v) is 11.6. The van der Waals surface area contributed by atoms with Gasteiger partial charge in [-0.25, -0.2) is 19.4 Å². The van der Waals surface area contributed by atoms with Crippen LogP contribution in [0.25, 0.3) is 11.2 Å². The smallest absolute Gasteiger partial charge is 0.405 e. The molecule has 5 N–H and O–H groups in total. The summed E-state index contributed by atoms with van der Waals surface area (Å²) in [6.45, 7) is 5.86. The highest BCUT2D eigenvalue weighted by Crippen LogP contribution is 2.34. The van der Waals surface area contributed by atoms with Gasteiger partial charge >= 0.3 is 6.09 Å². The molecule has 0 unspecified atom stereocenters. The lowest BCUT2D eigenvalue weighted by Crippen LogP contribution is -2.44. The predicted molar refractivity (Wildman–Crippen MR) is 146 cm³/mol. The van der Waals surface area contributed by atoms with E-state index in [-0.39, 0.29) is 6.04 Å². The number of carboxylic acid groups (broad SMARTS) is 1. The molecule has 0 radical (unpaired) electrons. The van der Waals surface area contributed by atoms with E-state index in [1.807, 2.05) is 44.2 Å². The Bertz CT molecular complexity index is 1220. The van der Waals surface area contributed by atoms with Crippen molar-refractivity contribution in [2.45, 2.75) is 94.3 Å². The molecule has 2 aromatic heterocycles. The molecular weight excluding hydrogens is 506 g/mol. The fraction of sp³-hybridized carbons (Fsp3) is 0.577. The Morgan fingerprint density at radius 2 is 1.87 bits per heavy atom. The highest BCUT2D eigenvalue weighted by atomic mass is 32.2. The summed E-state index contributed by atoms with van der Waals surface area (Å²) < 4.78 is 1.66. The van der Waals surface area contributed by atoms with Crippen LogP contribution in [0, 0.1) is 0 Å². The number of benzene rings is 1. The van der Waals surface area contributed by atoms with Gasteiger partial charge in [-0.3, -0.25) is 0 Å². The number of hydrogen-bond acceptors (Lipinski definition) is 9. The van der Waals surface area contributed by atoms with Gasteiger partial charge in [-0.05, 0) is 57.9 Å². The molecule has 0 aliphatic heterocycles. The average molecular weight is 544 g/mol. The fourth-order valence-corrected chi connectivity index (χ4v) is 5.15. The fourth-order valence-electron chi connectivity index (χ4n) is 4.46. The minimum absolute atomic E-state index is 0.294. The van der Waals surface area contributed by atoms with Gasteiger partial charge in [0.05, 0.1) is 12.1 Å². The standard InChI is InChI=1S/C15H22N6O2S.C11H15NO2/c1-2-7-24-15-17-13(16-8-3-4-8)11-14(18-15)21(20-19-11)9-5-6-10(22)12(9)23;1-11(2,12-10(13)14)8-9-6-4-3-5-7-9/h8-10,12,22-23H,2-7H2,1H3,(H,16,17,18);3-7,12H,8H2,1-2H3,(H,13,14)/t9-,10-,12+;/m1./s1. The summed E-state index contributed by atoms with van der Waals surface area (Å²) in [5.41, 5.74) is 1.97. The van der Waals surface area contributed by atoms with Crippen molar-refractivity contribution in [3.63, 3.8) is 0 Å². The van der Waals surface area contributed by atoms with Crippen molar-refractivity contribution in [3.8, 4) is 0 Å². The van der Waals surface area contributed by atoms with Crippen molar-refractivity contribution in [2.75, 3.05) is 11.1 Å². The van der Waals surface area contributed by atoms with Crippen LogP contribution in [0.2, 0.25) is 0 Å². The van der Waals surface area contributed by atoms with Crippen LogP contribution in [0.5, 0.6) is 0 Å². The minimum Gasteiger partial charge on any atom is -0.465 e. The number of anilines is 1. The lowest BCUT2D eigenvalue weighted by Gasteiger charge is -2.24. The molecule has 12 heteroatoms. The number of rotatable bonds is 9. The van der Waals surface area contributed by atoms with Gasteiger partial charge in [0, 0.05) is 17.3 Å². The molecule has 2 heterocycles. The summed E-state index contributed by atoms with van der Waals surface area (Å²) in [7, 11) is 0. The Labute approximate surface area is 226 Å². The Hall–Kier alpha value is -2.96. The Kier molecular flexibility index (Phi) is 9.06. The first kappa shape index (κ1) is 28.1. The maximum absolute atomic E-state index is 10.5. The van der Waals surface area contributed by atoms with Crippen molar-refractivity contribution in [1.29, 1.82) is 0 Å². The van der Waals surface area contributed by atoms with Gasteiger partial charge < -0.3 is 26.0 Å². The van der Waals surface area contributed by atoms with E-state index in [4.69, 9.17) is 5.11 Å². The van der Waals surface area contributed by atoms with Gasteiger partial charge in [0.1, 0.15) is 6.10 Å². The second-order valence-electron chi connectivity index (χ2n) is 10.5. The van der Waals surface area contributed by atoms with Crippen molar-refractivity contribution in [2.24, 2.45) is 0 Å². The first-order valence-electron chi connectivity index (χ1n) is 13.1. The summed E-state index contributed by atoms with van der Waals surface area (Å²) in [5.74, 6) is 1.67. The van der Waals surface area contributed by atoms with Crippen LogP contribution in [0.4, 0.5) is 10.6 Å². The van der Waals surface area contributed by atoms with E-state index in [1.165, 1.54) is 0 Å². The number of amides is 1. The maximum atomic E-state index is 10.5. The van der Waals surface area contributed by atoms with E-state index in [1.54, 1.807) is 16.4 Å². The molecule has 5 rings (SSSR count). The third kappa shape index (κ3) is 7.33. The minimum atomic E-state index is -0.981. The summed E-state index contributed by atoms with van der Waals surface area (Å²) in [4.78, 5) is 19.7. The molecule has 1 aromatic carbocycles. The van der Waals surface area contributed by atoms with Crippen molar-refractivity contribution < 1.29 is 20.1 Å². The average Bonchev–Trinajstić information content (AvgIpc) is 3.49. The van der Waals surface area contributed by atoms with E-state index >= 15 is 0 Å². The van der Waals surface area contributed by atoms with Crippen LogP contribution in [-0.2, 0) is 6.42 Å². The van der Waals surface area contributed by atoms with Crippen LogP contribution in [0.15, 0.2) is 35.5 Å². The molecule has 3 atom stereocenters. The van der Waals surface area contributed by atoms with Crippen LogP contribution in [-0.4, -0.2) is 75.9 Å². The number of aromatic nitrogens is 5. The number of carbonyl (C=O) groups is 1. The molecule has 11 nitrogen and oxygen atoms in total. The van der Waals surface area contributed by atoms with Gasteiger partial charge in [-0.2, -0.15) is 0 Å². The van der Waals surface area contributed by atoms with Crippen LogP contribution in [0.1, 0.15) is 64.5 Å². The number of nitrogens with zero attached hydrogens (tertiary/aromatic N) is 5. The lowest BCUT2D eigenvalue weighted by atomic mass is 9.95. The normalized spacial score (nSPS) is 21.1. The van der Waals surface area contributed by atoms with Gasteiger partial charge in [0.2, 0.25) is 0 Å². The molecule has 0 saturated heterocycles. The number of thioether (sulfide) groups is 1. The molecule has 2 fully saturated rings. The summed E-state index contributed by atoms with van der Waals surface area (Å²) in [6.07, 6.45) is 2.71. The van der Waals surface area contributed by atoms with E-state index in [0.717, 1.165) is 36.4 Å². The monoisotopic (exact) mass is 543 g/mol. The molecule has 2 aliphatic carbocycles. The molecular formula is C26H37N7O4S. The largest absolute Gasteiger partial charge is 0.465 e.